The number of fused-ring (bicyclic) bond motifs is 1. The molecule has 0 fully saturated rings. The molecule has 0 spiro atoms. The molecule has 0 saturated heterocycles. The van der Waals surface area contributed by atoms with E-state index in [1.54, 1.807) is 6.92 Å². The molecule has 2 aromatic heterocycles. The molecule has 0 aliphatic heterocycles. The molecular formula is C12H13ClN2O2S. The van der Waals surface area contributed by atoms with Crippen LogP contribution < -0.4 is 0 Å². The Balaban J connectivity index is 2.66. The van der Waals surface area contributed by atoms with Crippen LogP contribution in [0.5, 0.6) is 0 Å². The van der Waals surface area contributed by atoms with Crippen LogP contribution in [-0.2, 0) is 4.79 Å². The summed E-state index contributed by atoms with van der Waals surface area (Å²) in [4.78, 5) is 21.5. The van der Waals surface area contributed by atoms with Crippen molar-refractivity contribution in [2.45, 2.75) is 33.1 Å². The van der Waals surface area contributed by atoms with Gasteiger partial charge in [-0.1, -0.05) is 18.5 Å². The summed E-state index contributed by atoms with van der Waals surface area (Å²) in [5, 5.41) is 10.3. The minimum absolute atomic E-state index is 0.295. The Kier molecular flexibility index (Phi) is 3.54. The molecule has 6 heteroatoms. The van der Waals surface area contributed by atoms with E-state index in [0.717, 1.165) is 20.7 Å². The van der Waals surface area contributed by atoms with Crippen LogP contribution in [0.2, 0.25) is 5.15 Å². The quantitative estimate of drug-likeness (QED) is 0.876. The van der Waals surface area contributed by atoms with Crippen LogP contribution in [-0.4, -0.2) is 21.0 Å². The van der Waals surface area contributed by atoms with Crippen LogP contribution in [0.1, 0.15) is 35.5 Å². The predicted octanol–water partition coefficient (Wildman–Crippen LogP) is 3.54. The van der Waals surface area contributed by atoms with Gasteiger partial charge < -0.3 is 5.11 Å². The van der Waals surface area contributed by atoms with Crippen molar-refractivity contribution in [1.29, 1.82) is 0 Å². The average molecular weight is 285 g/mol. The third-order valence-electron chi connectivity index (χ3n) is 3.02. The van der Waals surface area contributed by atoms with Crippen LogP contribution in [0.4, 0.5) is 0 Å². The van der Waals surface area contributed by atoms with Gasteiger partial charge in [0.2, 0.25) is 0 Å². The summed E-state index contributed by atoms with van der Waals surface area (Å²) in [6, 6.07) is 0. The molecule has 18 heavy (non-hydrogen) atoms. The molecule has 0 aliphatic rings. The van der Waals surface area contributed by atoms with Crippen molar-refractivity contribution in [2.24, 2.45) is 0 Å². The number of carboxylic acids is 1. The normalized spacial score (nSPS) is 12.9. The molecule has 0 radical (unpaired) electrons. The third-order valence-corrected chi connectivity index (χ3v) is 4.39. The number of aromatic nitrogens is 2. The van der Waals surface area contributed by atoms with Crippen molar-refractivity contribution in [2.75, 3.05) is 0 Å². The first-order valence-corrected chi connectivity index (χ1v) is 6.81. The van der Waals surface area contributed by atoms with Crippen LogP contribution in [0.15, 0.2) is 0 Å². The lowest BCUT2D eigenvalue weighted by Crippen LogP contribution is -2.14. The number of hydrogen-bond donors (Lipinski definition) is 1. The van der Waals surface area contributed by atoms with Gasteiger partial charge in [-0.15, -0.1) is 11.3 Å². The van der Waals surface area contributed by atoms with E-state index >= 15 is 0 Å². The van der Waals surface area contributed by atoms with E-state index in [2.05, 4.69) is 9.97 Å². The number of nitrogens with zero attached hydrogens (tertiary/aromatic N) is 2. The minimum atomic E-state index is -0.919. The van der Waals surface area contributed by atoms with Gasteiger partial charge in [0.25, 0.3) is 0 Å². The monoisotopic (exact) mass is 284 g/mol. The molecule has 1 unspecified atom stereocenters. The fourth-order valence-corrected chi connectivity index (χ4v) is 3.25. The maximum absolute atomic E-state index is 11.1. The summed E-state index contributed by atoms with van der Waals surface area (Å²) in [6.07, 6.45) is 0.445. The van der Waals surface area contributed by atoms with E-state index in [9.17, 15) is 4.79 Å². The SMILES string of the molecule is CCC(C(=O)O)c1nc(Cl)c2c(C)c(C)sc2n1. The number of carbonyl (C=O) groups is 1. The third kappa shape index (κ3) is 2.08. The van der Waals surface area contributed by atoms with E-state index in [0.29, 0.717) is 17.4 Å². The van der Waals surface area contributed by atoms with Crippen molar-refractivity contribution in [3.05, 3.63) is 21.4 Å². The summed E-state index contributed by atoms with van der Waals surface area (Å²) < 4.78 is 0. The largest absolute Gasteiger partial charge is 0.481 e. The van der Waals surface area contributed by atoms with E-state index in [1.807, 2.05) is 13.8 Å². The number of rotatable bonds is 3. The van der Waals surface area contributed by atoms with Gasteiger partial charge in [-0.25, -0.2) is 9.97 Å². The maximum atomic E-state index is 11.1. The Bertz CT molecular complexity index is 624. The van der Waals surface area contributed by atoms with Crippen LogP contribution in [0, 0.1) is 13.8 Å². The highest BCUT2D eigenvalue weighted by molar-refractivity contribution is 7.18. The topological polar surface area (TPSA) is 63.1 Å². The molecule has 0 saturated carbocycles. The Morgan fingerprint density at radius 2 is 2.11 bits per heavy atom. The molecule has 1 N–H and O–H groups in total. The zero-order chi connectivity index (χ0) is 13.4. The molecule has 2 rings (SSSR count). The van der Waals surface area contributed by atoms with E-state index in [1.165, 1.54) is 11.3 Å². The zero-order valence-electron chi connectivity index (χ0n) is 10.3. The average Bonchev–Trinajstić information content (AvgIpc) is 2.55. The summed E-state index contributed by atoms with van der Waals surface area (Å²) in [5.41, 5.74) is 1.06. The Hall–Kier alpha value is -1.20. The maximum Gasteiger partial charge on any atom is 0.314 e. The van der Waals surface area contributed by atoms with Gasteiger partial charge in [-0.05, 0) is 25.8 Å². The highest BCUT2D eigenvalue weighted by atomic mass is 35.5. The summed E-state index contributed by atoms with van der Waals surface area (Å²) in [6.45, 7) is 5.76. The zero-order valence-corrected chi connectivity index (χ0v) is 11.9. The number of aryl methyl sites for hydroxylation is 2. The van der Waals surface area contributed by atoms with Crippen LogP contribution in [0.3, 0.4) is 0 Å². The molecule has 2 heterocycles. The lowest BCUT2D eigenvalue weighted by Gasteiger charge is -2.08. The van der Waals surface area contributed by atoms with Crippen molar-refractivity contribution in [3.63, 3.8) is 0 Å². The smallest absolute Gasteiger partial charge is 0.314 e. The van der Waals surface area contributed by atoms with Crippen LogP contribution >= 0.6 is 22.9 Å². The van der Waals surface area contributed by atoms with Gasteiger partial charge in [0.15, 0.2) is 0 Å². The minimum Gasteiger partial charge on any atom is -0.481 e. The Labute approximate surface area is 114 Å². The molecule has 0 bridgehead atoms. The van der Waals surface area contributed by atoms with Crippen LogP contribution in [0.25, 0.3) is 10.2 Å². The van der Waals surface area contributed by atoms with Crippen molar-refractivity contribution < 1.29 is 9.90 Å². The first-order chi connectivity index (χ1) is 8.45. The van der Waals surface area contributed by atoms with Crippen molar-refractivity contribution in [3.8, 4) is 0 Å². The highest BCUT2D eigenvalue weighted by Gasteiger charge is 2.23. The van der Waals surface area contributed by atoms with Gasteiger partial charge in [0.1, 0.15) is 21.7 Å². The van der Waals surface area contributed by atoms with Gasteiger partial charge in [-0.2, -0.15) is 0 Å². The number of hydrogen-bond acceptors (Lipinski definition) is 4. The van der Waals surface area contributed by atoms with E-state index in [-0.39, 0.29) is 0 Å². The van der Waals surface area contributed by atoms with Gasteiger partial charge in [0, 0.05) is 4.88 Å². The van der Waals surface area contributed by atoms with Crippen molar-refractivity contribution in [1.82, 2.24) is 9.97 Å². The molecule has 4 nitrogen and oxygen atoms in total. The molecule has 1 atom stereocenters. The fraction of sp³-hybridized carbons (Fsp3) is 0.417. The van der Waals surface area contributed by atoms with Crippen molar-refractivity contribution >= 4 is 39.1 Å². The number of halogens is 1. The first-order valence-electron chi connectivity index (χ1n) is 5.61. The second kappa shape index (κ2) is 4.82. The molecular weight excluding hydrogens is 272 g/mol. The molecule has 2 aromatic rings. The van der Waals surface area contributed by atoms with Gasteiger partial charge >= 0.3 is 5.97 Å². The Morgan fingerprint density at radius 1 is 1.44 bits per heavy atom. The first kappa shape index (κ1) is 13.2. The van der Waals surface area contributed by atoms with Gasteiger partial charge in [0.05, 0.1) is 5.39 Å². The highest BCUT2D eigenvalue weighted by Crippen LogP contribution is 2.34. The lowest BCUT2D eigenvalue weighted by atomic mass is 10.1. The Morgan fingerprint density at radius 3 is 2.67 bits per heavy atom. The summed E-state index contributed by atoms with van der Waals surface area (Å²) >= 11 is 7.67. The molecule has 0 aromatic carbocycles. The standard InChI is InChI=1S/C12H13ClN2O2S/c1-4-7(12(16)17)10-14-9(13)8-5(2)6(3)18-11(8)15-10/h7H,4H2,1-3H3,(H,16,17). The molecule has 0 amide bonds. The van der Waals surface area contributed by atoms with E-state index in [4.69, 9.17) is 16.7 Å². The van der Waals surface area contributed by atoms with E-state index < -0.39 is 11.9 Å². The number of thiophene rings is 1. The second-order valence-corrected chi connectivity index (χ2v) is 5.70. The predicted molar refractivity (Wildman–Crippen MR) is 72.6 cm³/mol. The molecule has 96 valence electrons. The van der Waals surface area contributed by atoms with Gasteiger partial charge in [-0.3, -0.25) is 4.79 Å². The lowest BCUT2D eigenvalue weighted by molar-refractivity contribution is -0.139. The number of aliphatic carboxylic acids is 1. The summed E-state index contributed by atoms with van der Waals surface area (Å²) in [7, 11) is 0. The second-order valence-electron chi connectivity index (χ2n) is 4.14. The molecule has 0 aliphatic carbocycles. The fourth-order valence-electron chi connectivity index (χ4n) is 1.84. The summed E-state index contributed by atoms with van der Waals surface area (Å²) in [5.74, 6) is -1.32. The number of carboxylic acid groups (broad SMARTS) is 1.